The molecule has 1 amide bonds. The molecule has 0 spiro atoms. The number of carbonyl (C=O) groups excluding carboxylic acids is 1. The summed E-state index contributed by atoms with van der Waals surface area (Å²) in [7, 11) is 0. The second-order valence-electron chi connectivity index (χ2n) is 5.49. The van der Waals surface area contributed by atoms with Crippen molar-refractivity contribution >= 4 is 11.6 Å². The molecule has 1 aliphatic heterocycles. The number of nitrogens with zero attached hydrogens (tertiary/aromatic N) is 1. The zero-order chi connectivity index (χ0) is 15.1. The van der Waals surface area contributed by atoms with Gasteiger partial charge in [-0.15, -0.1) is 0 Å². The molecule has 4 nitrogen and oxygen atoms in total. The Kier molecular flexibility index (Phi) is 6.14. The first kappa shape index (κ1) is 15.9. The Balaban J connectivity index is 1.87. The van der Waals surface area contributed by atoms with E-state index < -0.39 is 0 Å². The zero-order valence-electron chi connectivity index (χ0n) is 12.6. The topological polar surface area (TPSA) is 44.4 Å². The Labute approximate surface area is 125 Å². The van der Waals surface area contributed by atoms with Crippen molar-refractivity contribution in [2.75, 3.05) is 31.5 Å². The van der Waals surface area contributed by atoms with Crippen molar-refractivity contribution in [3.8, 4) is 0 Å². The van der Waals surface area contributed by atoms with Gasteiger partial charge in [0, 0.05) is 18.3 Å². The minimum Gasteiger partial charge on any atom is -0.325 e. The largest absolute Gasteiger partial charge is 0.325 e. The van der Waals surface area contributed by atoms with Crippen molar-refractivity contribution in [2.24, 2.45) is 0 Å². The van der Waals surface area contributed by atoms with Crippen LogP contribution in [0.15, 0.2) is 24.3 Å². The molecule has 1 aliphatic rings. The number of hydrogen-bond acceptors (Lipinski definition) is 3. The van der Waals surface area contributed by atoms with Crippen LogP contribution in [0.2, 0.25) is 0 Å². The molecule has 5 heteroatoms. The van der Waals surface area contributed by atoms with E-state index in [2.05, 4.69) is 22.5 Å². The van der Waals surface area contributed by atoms with Gasteiger partial charge in [0.1, 0.15) is 5.82 Å². The number of carbonyl (C=O) groups is 1. The molecule has 1 aromatic rings. The van der Waals surface area contributed by atoms with Gasteiger partial charge in [-0.3, -0.25) is 9.69 Å². The number of likely N-dealkylation sites (tertiary alicyclic amines) is 1. The molecule has 1 saturated heterocycles. The van der Waals surface area contributed by atoms with Crippen molar-refractivity contribution in [3.63, 3.8) is 0 Å². The molecule has 0 aromatic heterocycles. The highest BCUT2D eigenvalue weighted by Gasteiger charge is 2.23. The van der Waals surface area contributed by atoms with Crippen LogP contribution in [-0.4, -0.2) is 43.0 Å². The SMILES string of the molecule is CCNCC1CCCCN1CC(=O)Nc1cccc(F)c1. The highest BCUT2D eigenvalue weighted by atomic mass is 19.1. The molecular weight excluding hydrogens is 269 g/mol. The Morgan fingerprint density at radius 1 is 1.43 bits per heavy atom. The van der Waals surface area contributed by atoms with Gasteiger partial charge in [0.25, 0.3) is 0 Å². The van der Waals surface area contributed by atoms with Crippen LogP contribution in [0, 0.1) is 5.82 Å². The number of benzene rings is 1. The average molecular weight is 293 g/mol. The highest BCUT2D eigenvalue weighted by molar-refractivity contribution is 5.92. The lowest BCUT2D eigenvalue weighted by Gasteiger charge is -2.35. The third-order valence-corrected chi connectivity index (χ3v) is 3.83. The second kappa shape index (κ2) is 8.10. The van der Waals surface area contributed by atoms with Gasteiger partial charge in [-0.1, -0.05) is 19.4 Å². The van der Waals surface area contributed by atoms with E-state index in [9.17, 15) is 9.18 Å². The van der Waals surface area contributed by atoms with Crippen LogP contribution in [0.4, 0.5) is 10.1 Å². The number of amides is 1. The molecule has 1 atom stereocenters. The summed E-state index contributed by atoms with van der Waals surface area (Å²) in [4.78, 5) is 14.3. The van der Waals surface area contributed by atoms with Crippen LogP contribution in [-0.2, 0) is 4.79 Å². The molecule has 1 unspecified atom stereocenters. The molecule has 1 aromatic carbocycles. The van der Waals surface area contributed by atoms with Gasteiger partial charge < -0.3 is 10.6 Å². The normalized spacial score (nSPS) is 19.4. The van der Waals surface area contributed by atoms with Gasteiger partial charge in [0.05, 0.1) is 6.54 Å². The molecule has 1 heterocycles. The molecule has 0 bridgehead atoms. The van der Waals surface area contributed by atoms with Crippen molar-refractivity contribution in [3.05, 3.63) is 30.1 Å². The van der Waals surface area contributed by atoms with E-state index >= 15 is 0 Å². The van der Waals surface area contributed by atoms with E-state index in [-0.39, 0.29) is 11.7 Å². The first-order valence-corrected chi connectivity index (χ1v) is 7.69. The molecule has 21 heavy (non-hydrogen) atoms. The number of hydrogen-bond donors (Lipinski definition) is 2. The summed E-state index contributed by atoms with van der Waals surface area (Å²) in [5, 5.41) is 6.12. The van der Waals surface area contributed by atoms with E-state index in [4.69, 9.17) is 0 Å². The first-order chi connectivity index (χ1) is 10.2. The van der Waals surface area contributed by atoms with Gasteiger partial charge >= 0.3 is 0 Å². The summed E-state index contributed by atoms with van der Waals surface area (Å²) in [5.74, 6) is -0.417. The third kappa shape index (κ3) is 5.10. The minimum atomic E-state index is -0.337. The highest BCUT2D eigenvalue weighted by Crippen LogP contribution is 2.16. The quantitative estimate of drug-likeness (QED) is 0.845. The van der Waals surface area contributed by atoms with Crippen LogP contribution in [0.25, 0.3) is 0 Å². The lowest BCUT2D eigenvalue weighted by atomic mass is 10.0. The van der Waals surface area contributed by atoms with E-state index in [1.807, 2.05) is 0 Å². The van der Waals surface area contributed by atoms with E-state index in [1.165, 1.54) is 18.6 Å². The van der Waals surface area contributed by atoms with Crippen molar-refractivity contribution in [1.82, 2.24) is 10.2 Å². The Hall–Kier alpha value is -1.46. The summed E-state index contributed by atoms with van der Waals surface area (Å²) in [5.41, 5.74) is 0.514. The molecule has 0 saturated carbocycles. The standard InChI is InChI=1S/C16H24FN3O/c1-2-18-11-15-8-3-4-9-20(15)12-16(21)19-14-7-5-6-13(17)10-14/h5-7,10,15,18H,2-4,8-9,11-12H2,1H3,(H,19,21). The van der Waals surface area contributed by atoms with Gasteiger partial charge in [-0.2, -0.15) is 0 Å². The Morgan fingerprint density at radius 3 is 3.05 bits per heavy atom. The zero-order valence-corrected chi connectivity index (χ0v) is 12.6. The summed E-state index contributed by atoms with van der Waals surface area (Å²) in [6.07, 6.45) is 3.48. The van der Waals surface area contributed by atoms with Crippen molar-refractivity contribution < 1.29 is 9.18 Å². The first-order valence-electron chi connectivity index (χ1n) is 7.69. The maximum Gasteiger partial charge on any atom is 0.238 e. The fraction of sp³-hybridized carbons (Fsp3) is 0.562. The van der Waals surface area contributed by atoms with Crippen molar-refractivity contribution in [1.29, 1.82) is 0 Å². The maximum atomic E-state index is 13.1. The third-order valence-electron chi connectivity index (χ3n) is 3.83. The number of anilines is 1. The lowest BCUT2D eigenvalue weighted by molar-refractivity contribution is -0.118. The molecule has 116 valence electrons. The molecule has 0 aliphatic carbocycles. The number of rotatable bonds is 6. The number of piperidine rings is 1. The lowest BCUT2D eigenvalue weighted by Crippen LogP contribution is -2.48. The van der Waals surface area contributed by atoms with Crippen LogP contribution in [0.5, 0.6) is 0 Å². The summed E-state index contributed by atoms with van der Waals surface area (Å²) in [6.45, 7) is 5.27. The van der Waals surface area contributed by atoms with Crippen LogP contribution in [0.1, 0.15) is 26.2 Å². The molecule has 2 rings (SSSR count). The van der Waals surface area contributed by atoms with Crippen LogP contribution < -0.4 is 10.6 Å². The van der Waals surface area contributed by atoms with Crippen LogP contribution >= 0.6 is 0 Å². The number of halogens is 1. The van der Waals surface area contributed by atoms with Gasteiger partial charge in [-0.05, 0) is 44.1 Å². The summed E-state index contributed by atoms with van der Waals surface area (Å²) < 4.78 is 13.1. The van der Waals surface area contributed by atoms with E-state index in [1.54, 1.807) is 12.1 Å². The molecular formula is C16H24FN3O. The van der Waals surface area contributed by atoms with Gasteiger partial charge in [-0.25, -0.2) is 4.39 Å². The van der Waals surface area contributed by atoms with Crippen LogP contribution in [0.3, 0.4) is 0 Å². The molecule has 2 N–H and O–H groups in total. The minimum absolute atomic E-state index is 0.0796. The fourth-order valence-corrected chi connectivity index (χ4v) is 2.76. The van der Waals surface area contributed by atoms with Gasteiger partial charge in [0.2, 0.25) is 5.91 Å². The Bertz CT molecular complexity index is 467. The number of likely N-dealkylation sites (N-methyl/N-ethyl adjacent to an activating group) is 1. The van der Waals surface area contributed by atoms with E-state index in [0.29, 0.717) is 18.3 Å². The smallest absolute Gasteiger partial charge is 0.238 e. The molecule has 0 radical (unpaired) electrons. The van der Waals surface area contributed by atoms with Gasteiger partial charge in [0.15, 0.2) is 0 Å². The molecule has 1 fully saturated rings. The summed E-state index contributed by atoms with van der Waals surface area (Å²) >= 11 is 0. The Morgan fingerprint density at radius 2 is 2.29 bits per heavy atom. The number of nitrogens with one attached hydrogen (secondary N) is 2. The predicted molar refractivity (Wildman–Crippen MR) is 82.8 cm³/mol. The summed E-state index contributed by atoms with van der Waals surface area (Å²) in [6, 6.07) is 6.42. The predicted octanol–water partition coefficient (Wildman–Crippen LogP) is 2.23. The fourth-order valence-electron chi connectivity index (χ4n) is 2.76. The monoisotopic (exact) mass is 293 g/mol. The average Bonchev–Trinajstić information content (AvgIpc) is 2.46. The van der Waals surface area contributed by atoms with Crippen molar-refractivity contribution in [2.45, 2.75) is 32.2 Å². The van der Waals surface area contributed by atoms with E-state index in [0.717, 1.165) is 32.5 Å². The second-order valence-corrected chi connectivity index (χ2v) is 5.49. The maximum absolute atomic E-state index is 13.1.